The van der Waals surface area contributed by atoms with Gasteiger partial charge in [-0.2, -0.15) is 0 Å². The second-order valence-electron chi connectivity index (χ2n) is 23.7. The Bertz CT molecular complexity index is 3740. The van der Waals surface area contributed by atoms with Gasteiger partial charge in [0.25, 0.3) is 11.8 Å². The van der Waals surface area contributed by atoms with E-state index in [1.165, 1.54) is 20.3 Å². The Morgan fingerprint density at radius 3 is 1.48 bits per heavy atom. The van der Waals surface area contributed by atoms with Crippen molar-refractivity contribution in [3.05, 3.63) is 125 Å². The zero-order valence-corrected chi connectivity index (χ0v) is 52.0. The maximum absolute atomic E-state index is 14.1. The van der Waals surface area contributed by atoms with Crippen LogP contribution in [0.25, 0.3) is 27.1 Å². The standard InChI is InChI=1S/C32H39N3O7S.C32H37N3O7S/c2*1-32(2,3)21-18-26(33-43(5,38)39)30(40-4)27(19-21)35-29(36)20-25(31(35)37)23-10-11-28(24-9-7-6-8-22(23)24)42-17-14-34-12-15-41-16-13-34/h6-11,18-19,25,33H,12-17,20H2,1-5H3;6-11,18-20,33H,12-17H2,1-5H3. The van der Waals surface area contributed by atoms with Gasteiger partial charge in [-0.1, -0.05) is 96.1 Å². The lowest BCUT2D eigenvalue weighted by Crippen LogP contribution is -2.38. The van der Waals surface area contributed by atoms with Crippen LogP contribution in [0.5, 0.6) is 23.0 Å². The van der Waals surface area contributed by atoms with Crippen LogP contribution in [0.15, 0.2) is 103 Å². The number of benzene rings is 6. The first-order valence-corrected chi connectivity index (χ1v) is 32.3. The maximum atomic E-state index is 14.1. The molecule has 1 atom stereocenters. The Labute approximate surface area is 503 Å². The van der Waals surface area contributed by atoms with Crippen LogP contribution in [0.1, 0.15) is 76.1 Å². The van der Waals surface area contributed by atoms with Gasteiger partial charge in [-0.05, 0) is 86.3 Å². The highest BCUT2D eigenvalue weighted by Crippen LogP contribution is 2.47. The third-order valence-corrected chi connectivity index (χ3v) is 16.6. The number of sulfonamides is 2. The molecule has 0 bridgehead atoms. The molecule has 0 aliphatic carbocycles. The van der Waals surface area contributed by atoms with Crippen molar-refractivity contribution in [3.8, 4) is 23.0 Å². The summed E-state index contributed by atoms with van der Waals surface area (Å²) in [7, 11) is -4.61. The fourth-order valence-corrected chi connectivity index (χ4v) is 12.1. The normalized spacial score (nSPS) is 17.4. The van der Waals surface area contributed by atoms with E-state index >= 15 is 0 Å². The van der Waals surface area contributed by atoms with Crippen LogP contribution >= 0.6 is 0 Å². The number of nitrogens with one attached hydrogen (secondary N) is 2. The number of amides is 4. The summed E-state index contributed by atoms with van der Waals surface area (Å²) in [6.07, 6.45) is 3.36. The van der Waals surface area contributed by atoms with E-state index in [0.717, 1.165) is 126 Å². The zero-order chi connectivity index (χ0) is 61.9. The van der Waals surface area contributed by atoms with Gasteiger partial charge in [-0.3, -0.25) is 38.4 Å². The van der Waals surface area contributed by atoms with E-state index in [9.17, 15) is 36.0 Å². The minimum Gasteiger partial charge on any atom is -0.492 e. The highest BCUT2D eigenvalue weighted by molar-refractivity contribution is 7.92. The number of fused-ring (bicyclic) bond motifs is 2. The largest absolute Gasteiger partial charge is 0.492 e. The third-order valence-electron chi connectivity index (χ3n) is 15.4. The molecule has 4 aliphatic heterocycles. The molecule has 4 amide bonds. The average Bonchev–Trinajstić information content (AvgIpc) is 1.60. The van der Waals surface area contributed by atoms with Gasteiger partial charge in [0.05, 0.1) is 87.4 Å². The molecule has 20 nitrogen and oxygen atoms in total. The lowest BCUT2D eigenvalue weighted by atomic mass is 9.86. The molecule has 0 spiro atoms. The number of ether oxygens (including phenoxy) is 6. The van der Waals surface area contributed by atoms with Crippen molar-refractivity contribution in [1.82, 2.24) is 9.80 Å². The molecule has 10 rings (SSSR count). The number of methoxy groups -OCH3 is 2. The predicted octanol–water partition coefficient (Wildman–Crippen LogP) is 8.46. The predicted molar refractivity (Wildman–Crippen MR) is 334 cm³/mol. The van der Waals surface area contributed by atoms with E-state index in [1.807, 2.05) is 108 Å². The van der Waals surface area contributed by atoms with E-state index < -0.39 is 54.5 Å². The van der Waals surface area contributed by atoms with Gasteiger partial charge in [0.2, 0.25) is 31.9 Å². The summed E-state index contributed by atoms with van der Waals surface area (Å²) < 4.78 is 88.1. The first-order chi connectivity index (χ1) is 40.7. The molecule has 4 heterocycles. The molecule has 6 aromatic rings. The minimum atomic E-state index is -3.69. The smallest absolute Gasteiger partial charge is 0.266 e. The number of morpholine rings is 2. The van der Waals surface area contributed by atoms with Crippen molar-refractivity contribution in [2.45, 2.75) is 64.7 Å². The number of hydrogen-bond donors (Lipinski definition) is 2. The first kappa shape index (κ1) is 62.9. The van der Waals surface area contributed by atoms with Gasteiger partial charge < -0.3 is 28.4 Å². The molecule has 3 fully saturated rings. The van der Waals surface area contributed by atoms with Crippen molar-refractivity contribution < 1.29 is 64.4 Å². The number of carbonyl (C=O) groups excluding carboxylic acids is 4. The highest BCUT2D eigenvalue weighted by Gasteiger charge is 2.44. The van der Waals surface area contributed by atoms with E-state index in [-0.39, 0.29) is 52.1 Å². The quantitative estimate of drug-likeness (QED) is 0.0769. The van der Waals surface area contributed by atoms with E-state index in [1.54, 1.807) is 30.3 Å². The summed E-state index contributed by atoms with van der Waals surface area (Å²) in [5.74, 6) is -1.01. The number of nitrogens with zero attached hydrogens (tertiary/aromatic N) is 4. The molecule has 4 aliphatic rings. The van der Waals surface area contributed by atoms with Crippen LogP contribution in [0.3, 0.4) is 0 Å². The van der Waals surface area contributed by atoms with Gasteiger partial charge in [-0.25, -0.2) is 26.6 Å². The summed E-state index contributed by atoms with van der Waals surface area (Å²) >= 11 is 0. The Morgan fingerprint density at radius 1 is 0.570 bits per heavy atom. The van der Waals surface area contributed by atoms with Crippen molar-refractivity contribution in [1.29, 1.82) is 0 Å². The molecule has 6 aromatic carbocycles. The first-order valence-electron chi connectivity index (χ1n) is 28.5. The van der Waals surface area contributed by atoms with Gasteiger partial charge in [0, 0.05) is 62.5 Å². The molecule has 0 saturated carbocycles. The van der Waals surface area contributed by atoms with E-state index in [4.69, 9.17) is 28.4 Å². The maximum Gasteiger partial charge on any atom is 0.266 e. The Balaban J connectivity index is 0.000000205. The molecular weight excluding hydrogens is 1140 g/mol. The van der Waals surface area contributed by atoms with Crippen molar-refractivity contribution in [3.63, 3.8) is 0 Å². The van der Waals surface area contributed by atoms with E-state index in [2.05, 4.69) is 19.2 Å². The lowest BCUT2D eigenvalue weighted by molar-refractivity contribution is -0.122. The number of carbonyl (C=O) groups is 4. The highest BCUT2D eigenvalue weighted by atomic mass is 32.2. The van der Waals surface area contributed by atoms with Crippen molar-refractivity contribution in [2.24, 2.45) is 0 Å². The van der Waals surface area contributed by atoms with Crippen LogP contribution in [-0.4, -0.2) is 156 Å². The van der Waals surface area contributed by atoms with Crippen molar-refractivity contribution in [2.75, 3.05) is 125 Å². The van der Waals surface area contributed by atoms with Gasteiger partial charge in [0.15, 0.2) is 11.5 Å². The van der Waals surface area contributed by atoms with Gasteiger partial charge >= 0.3 is 0 Å². The third kappa shape index (κ3) is 14.3. The molecular formula is C64H76N6O14S2. The SMILES string of the molecule is COc1c(NS(C)(=O)=O)cc(C(C)(C)C)cc1N1C(=O)C=C(c2ccc(OCCN3CCOCC3)c3ccccc23)C1=O.COc1c(NS(C)(=O)=O)cc(C(C)(C)C)cc1N1C(=O)CC(c2ccc(OCCN3CCOCC3)c3ccccc23)C1=O. The molecule has 0 aromatic heterocycles. The van der Waals surface area contributed by atoms with E-state index in [0.29, 0.717) is 30.1 Å². The van der Waals surface area contributed by atoms with Crippen molar-refractivity contribution >= 4 is 93.5 Å². The minimum absolute atomic E-state index is 0.0300. The molecule has 2 N–H and O–H groups in total. The molecule has 0 radical (unpaired) electrons. The molecule has 1 unspecified atom stereocenters. The fourth-order valence-electron chi connectivity index (χ4n) is 11.0. The second-order valence-corrected chi connectivity index (χ2v) is 27.2. The molecule has 22 heteroatoms. The topological polar surface area (TPSA) is 229 Å². The van der Waals surface area contributed by atoms with Crippen LogP contribution in [0, 0.1) is 0 Å². The summed E-state index contributed by atoms with van der Waals surface area (Å²) in [4.78, 5) is 61.9. The van der Waals surface area contributed by atoms with Crippen LogP contribution in [-0.2, 0) is 59.5 Å². The zero-order valence-electron chi connectivity index (χ0n) is 50.4. The summed E-state index contributed by atoms with van der Waals surface area (Å²) in [6, 6.07) is 29.5. The van der Waals surface area contributed by atoms with Crippen LogP contribution in [0.2, 0.25) is 0 Å². The summed E-state index contributed by atoms with van der Waals surface area (Å²) in [6.45, 7) is 20.8. The lowest BCUT2D eigenvalue weighted by Gasteiger charge is -2.26. The number of imide groups is 2. The number of hydrogen-bond acceptors (Lipinski definition) is 16. The monoisotopic (exact) mass is 1220 g/mol. The Kier molecular flexibility index (Phi) is 18.9. The molecule has 458 valence electrons. The van der Waals surface area contributed by atoms with Crippen LogP contribution in [0.4, 0.5) is 22.7 Å². The summed E-state index contributed by atoms with van der Waals surface area (Å²) in [5, 5.41) is 3.31. The average molecular weight is 1220 g/mol. The second kappa shape index (κ2) is 25.8. The van der Waals surface area contributed by atoms with Gasteiger partial charge in [-0.15, -0.1) is 0 Å². The fraction of sp³-hybridized carbons (Fsp3) is 0.406. The molecule has 3 saturated heterocycles. The summed E-state index contributed by atoms with van der Waals surface area (Å²) in [5.41, 5.74) is 2.86. The van der Waals surface area contributed by atoms with Crippen LogP contribution < -0.4 is 38.2 Å². The van der Waals surface area contributed by atoms with Gasteiger partial charge in [0.1, 0.15) is 24.7 Å². The Morgan fingerprint density at radius 2 is 1.01 bits per heavy atom. The number of anilines is 4. The molecule has 86 heavy (non-hydrogen) atoms. The number of rotatable bonds is 18. The Hall–Kier alpha value is -7.60.